The normalized spacial score (nSPS) is 14.8. The molecule has 2 aromatic carbocycles. The van der Waals surface area contributed by atoms with E-state index in [1.54, 1.807) is 24.3 Å². The fourth-order valence-electron chi connectivity index (χ4n) is 2.73. The molecule has 0 unspecified atom stereocenters. The monoisotopic (exact) mass is 435 g/mol. The van der Waals surface area contributed by atoms with Crippen molar-refractivity contribution in [1.82, 2.24) is 4.31 Å². The molecular weight excluding hydrogens is 418 g/mol. The van der Waals surface area contributed by atoms with Gasteiger partial charge in [-0.3, -0.25) is 4.79 Å². The number of benzene rings is 2. The minimum absolute atomic E-state index is 0.0636. The van der Waals surface area contributed by atoms with E-state index in [4.69, 9.17) is 26.3 Å². The number of amides is 1. The summed E-state index contributed by atoms with van der Waals surface area (Å²) in [6.07, 6.45) is 0. The highest BCUT2D eigenvalue weighted by Gasteiger charge is 2.28. The second-order valence-electron chi connectivity index (χ2n) is 6.11. The summed E-state index contributed by atoms with van der Waals surface area (Å²) in [5.41, 5.74) is 0.578. The largest absolute Gasteiger partial charge is 0.482 e. The van der Waals surface area contributed by atoms with Gasteiger partial charge in [0.1, 0.15) is 16.7 Å². The molecule has 2 aromatic rings. The number of para-hydroxylation sites is 1. The van der Waals surface area contributed by atoms with Gasteiger partial charge < -0.3 is 14.8 Å². The van der Waals surface area contributed by atoms with E-state index in [1.165, 1.54) is 22.5 Å². The quantitative estimate of drug-likeness (QED) is 0.745. The predicted octanol–water partition coefficient (Wildman–Crippen LogP) is 2.25. The molecule has 10 heteroatoms. The number of nitrogens with zero attached hydrogens (tertiary/aromatic N) is 2. The number of hydrogen-bond acceptors (Lipinski definition) is 6. The standard InChI is InChI=1S/C19H18ClN3O5S/c20-16-6-5-15(11-18(16)29(25,26)23-7-9-27-10-8-23)22-19(24)13-28-17-4-2-1-3-14(17)12-21/h1-6,11H,7-10,13H2,(H,22,24). The van der Waals surface area contributed by atoms with E-state index >= 15 is 0 Å². The van der Waals surface area contributed by atoms with Crippen LogP contribution in [0.2, 0.25) is 5.02 Å². The van der Waals surface area contributed by atoms with Crippen LogP contribution in [-0.2, 0) is 19.6 Å². The molecule has 0 radical (unpaired) electrons. The Balaban J connectivity index is 1.71. The van der Waals surface area contributed by atoms with Crippen LogP contribution >= 0.6 is 11.6 Å². The number of anilines is 1. The summed E-state index contributed by atoms with van der Waals surface area (Å²) in [7, 11) is -3.81. The molecule has 0 aromatic heterocycles. The van der Waals surface area contributed by atoms with E-state index in [2.05, 4.69) is 5.32 Å². The Hall–Kier alpha value is -2.64. The van der Waals surface area contributed by atoms with Crippen LogP contribution in [0, 0.1) is 11.3 Å². The second kappa shape index (κ2) is 9.24. The molecule has 1 aliphatic rings. The molecule has 1 N–H and O–H groups in total. The van der Waals surface area contributed by atoms with Crippen LogP contribution < -0.4 is 10.1 Å². The van der Waals surface area contributed by atoms with Crippen molar-refractivity contribution in [3.05, 3.63) is 53.1 Å². The van der Waals surface area contributed by atoms with Gasteiger partial charge in [-0.2, -0.15) is 9.57 Å². The maximum atomic E-state index is 12.8. The molecule has 1 fully saturated rings. The number of morpholine rings is 1. The van der Waals surface area contributed by atoms with E-state index < -0.39 is 15.9 Å². The molecule has 0 bridgehead atoms. The number of hydrogen-bond donors (Lipinski definition) is 1. The third-order valence-corrected chi connectivity index (χ3v) is 6.55. The van der Waals surface area contributed by atoms with Crippen molar-refractivity contribution >= 4 is 33.2 Å². The lowest BCUT2D eigenvalue weighted by atomic mass is 10.2. The first-order valence-electron chi connectivity index (χ1n) is 8.71. The summed E-state index contributed by atoms with van der Waals surface area (Å²) in [5.74, 6) is -0.216. The first kappa shape index (κ1) is 21.1. The van der Waals surface area contributed by atoms with E-state index in [-0.39, 0.29) is 41.1 Å². The Bertz CT molecular complexity index is 1050. The van der Waals surface area contributed by atoms with Crippen molar-refractivity contribution in [2.24, 2.45) is 0 Å². The van der Waals surface area contributed by atoms with E-state index in [1.807, 2.05) is 6.07 Å². The lowest BCUT2D eigenvalue weighted by molar-refractivity contribution is -0.118. The summed E-state index contributed by atoms with van der Waals surface area (Å²) in [5, 5.41) is 11.7. The van der Waals surface area contributed by atoms with Crippen LogP contribution in [0.25, 0.3) is 0 Å². The van der Waals surface area contributed by atoms with E-state index in [9.17, 15) is 13.2 Å². The van der Waals surface area contributed by atoms with Crippen molar-refractivity contribution in [2.75, 3.05) is 38.2 Å². The van der Waals surface area contributed by atoms with E-state index in [0.717, 1.165) is 0 Å². The number of carbonyl (C=O) groups is 1. The second-order valence-corrected chi connectivity index (χ2v) is 8.42. The maximum absolute atomic E-state index is 12.8. The third kappa shape index (κ3) is 5.05. The van der Waals surface area contributed by atoms with Crippen LogP contribution in [-0.4, -0.2) is 51.5 Å². The Morgan fingerprint density at radius 1 is 1.24 bits per heavy atom. The lowest BCUT2D eigenvalue weighted by Gasteiger charge is -2.26. The highest BCUT2D eigenvalue weighted by Crippen LogP contribution is 2.28. The fourth-order valence-corrected chi connectivity index (χ4v) is 4.64. The molecule has 0 spiro atoms. The fraction of sp³-hybridized carbons (Fsp3) is 0.263. The molecule has 1 saturated heterocycles. The summed E-state index contributed by atoms with van der Waals surface area (Å²) < 4.78 is 37.6. The zero-order chi connectivity index (χ0) is 20.9. The summed E-state index contributed by atoms with van der Waals surface area (Å²) >= 11 is 6.11. The van der Waals surface area contributed by atoms with Crippen LogP contribution in [0.3, 0.4) is 0 Å². The molecule has 3 rings (SSSR count). The third-order valence-electron chi connectivity index (χ3n) is 4.17. The highest BCUT2D eigenvalue weighted by molar-refractivity contribution is 7.89. The Kier molecular flexibility index (Phi) is 6.71. The highest BCUT2D eigenvalue weighted by atomic mass is 35.5. The van der Waals surface area contributed by atoms with Gasteiger partial charge in [0.2, 0.25) is 10.0 Å². The molecule has 1 aliphatic heterocycles. The molecule has 152 valence electrons. The minimum Gasteiger partial charge on any atom is -0.482 e. The topological polar surface area (TPSA) is 109 Å². The first-order valence-corrected chi connectivity index (χ1v) is 10.5. The van der Waals surface area contributed by atoms with Crippen molar-refractivity contribution in [2.45, 2.75) is 4.90 Å². The van der Waals surface area contributed by atoms with Crippen molar-refractivity contribution in [1.29, 1.82) is 5.26 Å². The molecule has 0 saturated carbocycles. The number of carbonyl (C=O) groups excluding carboxylic acids is 1. The summed E-state index contributed by atoms with van der Waals surface area (Å²) in [6.45, 7) is 0.763. The zero-order valence-electron chi connectivity index (χ0n) is 15.3. The van der Waals surface area contributed by atoms with Gasteiger partial charge in [0.15, 0.2) is 6.61 Å². The van der Waals surface area contributed by atoms with Gasteiger partial charge in [-0.25, -0.2) is 8.42 Å². The molecule has 1 amide bonds. The average molecular weight is 436 g/mol. The van der Waals surface area contributed by atoms with Crippen molar-refractivity contribution in [3.63, 3.8) is 0 Å². The number of sulfonamides is 1. The molecule has 1 heterocycles. The lowest BCUT2D eigenvalue weighted by Crippen LogP contribution is -2.40. The van der Waals surface area contributed by atoms with Gasteiger partial charge in [0.05, 0.1) is 23.8 Å². The van der Waals surface area contributed by atoms with Crippen LogP contribution in [0.1, 0.15) is 5.56 Å². The summed E-state index contributed by atoms with van der Waals surface area (Å²) in [6, 6.07) is 12.8. The van der Waals surface area contributed by atoms with Gasteiger partial charge in [-0.1, -0.05) is 23.7 Å². The smallest absolute Gasteiger partial charge is 0.262 e. The molecular formula is C19H18ClN3O5S. The molecule has 29 heavy (non-hydrogen) atoms. The number of nitriles is 1. The molecule has 8 nitrogen and oxygen atoms in total. The Morgan fingerprint density at radius 3 is 2.69 bits per heavy atom. The van der Waals surface area contributed by atoms with Crippen LogP contribution in [0.15, 0.2) is 47.4 Å². The number of halogens is 1. The zero-order valence-corrected chi connectivity index (χ0v) is 16.9. The van der Waals surface area contributed by atoms with Gasteiger partial charge in [0.25, 0.3) is 5.91 Å². The molecule has 0 aliphatic carbocycles. The SMILES string of the molecule is N#Cc1ccccc1OCC(=O)Nc1ccc(Cl)c(S(=O)(=O)N2CCOCC2)c1. The van der Waals surface area contributed by atoms with Gasteiger partial charge in [-0.15, -0.1) is 0 Å². The van der Waals surface area contributed by atoms with Gasteiger partial charge in [0, 0.05) is 18.8 Å². The average Bonchev–Trinajstić information content (AvgIpc) is 2.74. The van der Waals surface area contributed by atoms with E-state index in [0.29, 0.717) is 18.8 Å². The van der Waals surface area contributed by atoms with Crippen LogP contribution in [0.5, 0.6) is 5.75 Å². The molecule has 0 atom stereocenters. The van der Waals surface area contributed by atoms with Gasteiger partial charge >= 0.3 is 0 Å². The first-order chi connectivity index (χ1) is 13.9. The number of rotatable bonds is 6. The summed E-state index contributed by atoms with van der Waals surface area (Å²) in [4.78, 5) is 12.1. The van der Waals surface area contributed by atoms with Gasteiger partial charge in [-0.05, 0) is 30.3 Å². The van der Waals surface area contributed by atoms with Crippen molar-refractivity contribution in [3.8, 4) is 11.8 Å². The van der Waals surface area contributed by atoms with Crippen molar-refractivity contribution < 1.29 is 22.7 Å². The predicted molar refractivity (Wildman–Crippen MR) is 106 cm³/mol. The number of ether oxygens (including phenoxy) is 2. The maximum Gasteiger partial charge on any atom is 0.262 e. The minimum atomic E-state index is -3.81. The Labute approximate surface area is 173 Å². The van der Waals surface area contributed by atoms with Crippen LogP contribution in [0.4, 0.5) is 5.69 Å². The number of nitrogens with one attached hydrogen (secondary N) is 1. The Morgan fingerprint density at radius 2 is 1.97 bits per heavy atom.